The maximum atomic E-state index is 11.1. The number of hydrogen-bond acceptors (Lipinski definition) is 4. The van der Waals surface area contributed by atoms with Crippen molar-refractivity contribution in [3.63, 3.8) is 0 Å². The van der Waals surface area contributed by atoms with E-state index in [1.54, 1.807) is 0 Å². The third-order valence-corrected chi connectivity index (χ3v) is 3.00. The number of hydrogen-bond donors (Lipinski definition) is 0. The molecule has 18 heavy (non-hydrogen) atoms. The smallest absolute Gasteiger partial charge is 0.168 e. The summed E-state index contributed by atoms with van der Waals surface area (Å²) in [5, 5.41) is 0. The molecule has 0 aliphatic carbocycles. The zero-order valence-corrected chi connectivity index (χ0v) is 9.80. The molecular weight excluding hydrogens is 228 g/mol. The van der Waals surface area contributed by atoms with Gasteiger partial charge in [-0.25, -0.2) is 9.97 Å². The number of aldehydes is 1. The van der Waals surface area contributed by atoms with Gasteiger partial charge in [-0.15, -0.1) is 0 Å². The van der Waals surface area contributed by atoms with Gasteiger partial charge in [0.2, 0.25) is 0 Å². The van der Waals surface area contributed by atoms with E-state index in [-0.39, 0.29) is 0 Å². The quantitative estimate of drug-likeness (QED) is 0.754. The van der Waals surface area contributed by atoms with E-state index in [9.17, 15) is 4.79 Å². The first-order valence-electron chi connectivity index (χ1n) is 5.86. The molecule has 0 radical (unpaired) electrons. The van der Waals surface area contributed by atoms with Crippen molar-refractivity contribution in [1.82, 2.24) is 9.97 Å². The molecule has 2 heterocycles. The van der Waals surface area contributed by atoms with E-state index in [2.05, 4.69) is 9.97 Å². The highest BCUT2D eigenvalue weighted by Gasteiger charge is 2.18. The van der Waals surface area contributed by atoms with Crippen LogP contribution in [0.1, 0.15) is 21.7 Å². The van der Waals surface area contributed by atoms with Gasteiger partial charge in [0.25, 0.3) is 0 Å². The van der Waals surface area contributed by atoms with E-state index in [0.717, 1.165) is 23.1 Å². The van der Waals surface area contributed by atoms with Crippen LogP contribution < -0.4 is 0 Å². The second kappa shape index (κ2) is 4.66. The minimum absolute atomic E-state index is 0.457. The third-order valence-electron chi connectivity index (χ3n) is 3.00. The summed E-state index contributed by atoms with van der Waals surface area (Å²) in [6.07, 6.45) is 1.51. The van der Waals surface area contributed by atoms with Crippen molar-refractivity contribution in [2.45, 2.75) is 13.0 Å². The lowest BCUT2D eigenvalue weighted by Crippen LogP contribution is -2.16. The minimum Gasteiger partial charge on any atom is -0.375 e. The van der Waals surface area contributed by atoms with Crippen molar-refractivity contribution in [3.8, 4) is 11.4 Å². The van der Waals surface area contributed by atoms with E-state index in [0.29, 0.717) is 31.2 Å². The SMILES string of the molecule is O=Cc1nc(-c2ccccc2)nc2c1CCOC2. The molecule has 0 amide bonds. The van der Waals surface area contributed by atoms with Crippen LogP contribution in [-0.4, -0.2) is 22.9 Å². The topological polar surface area (TPSA) is 52.1 Å². The Bertz CT molecular complexity index is 582. The molecule has 1 aromatic carbocycles. The van der Waals surface area contributed by atoms with Gasteiger partial charge in [0, 0.05) is 11.1 Å². The highest BCUT2D eigenvalue weighted by Crippen LogP contribution is 2.21. The van der Waals surface area contributed by atoms with Crippen molar-refractivity contribution in [1.29, 1.82) is 0 Å². The summed E-state index contributed by atoms with van der Waals surface area (Å²) in [5.74, 6) is 0.585. The van der Waals surface area contributed by atoms with E-state index < -0.39 is 0 Å². The fourth-order valence-electron chi connectivity index (χ4n) is 2.10. The lowest BCUT2D eigenvalue weighted by Gasteiger charge is -2.17. The predicted molar refractivity (Wildman–Crippen MR) is 66.2 cm³/mol. The number of aromatic nitrogens is 2. The summed E-state index contributed by atoms with van der Waals surface area (Å²) in [7, 11) is 0. The van der Waals surface area contributed by atoms with Gasteiger partial charge in [-0.1, -0.05) is 30.3 Å². The second-order valence-electron chi connectivity index (χ2n) is 4.14. The lowest BCUT2D eigenvalue weighted by atomic mass is 10.1. The van der Waals surface area contributed by atoms with Gasteiger partial charge < -0.3 is 4.74 Å². The fraction of sp³-hybridized carbons (Fsp3) is 0.214. The maximum Gasteiger partial charge on any atom is 0.168 e. The monoisotopic (exact) mass is 240 g/mol. The largest absolute Gasteiger partial charge is 0.375 e. The minimum atomic E-state index is 0.457. The molecule has 1 aliphatic heterocycles. The summed E-state index contributed by atoms with van der Waals surface area (Å²) < 4.78 is 5.38. The molecule has 0 saturated heterocycles. The molecule has 0 spiro atoms. The van der Waals surface area contributed by atoms with E-state index in [1.807, 2.05) is 30.3 Å². The highest BCUT2D eigenvalue weighted by molar-refractivity contribution is 5.76. The van der Waals surface area contributed by atoms with Crippen LogP contribution in [0.15, 0.2) is 30.3 Å². The number of rotatable bonds is 2. The lowest BCUT2D eigenvalue weighted by molar-refractivity contribution is 0.104. The summed E-state index contributed by atoms with van der Waals surface area (Å²) in [6, 6.07) is 9.65. The Balaban J connectivity index is 2.15. The molecule has 1 aromatic heterocycles. The Morgan fingerprint density at radius 1 is 1.17 bits per heavy atom. The number of carbonyl (C=O) groups is 1. The van der Waals surface area contributed by atoms with Gasteiger partial charge in [0.05, 0.1) is 18.9 Å². The number of fused-ring (bicyclic) bond motifs is 1. The average molecular weight is 240 g/mol. The Kier molecular flexibility index (Phi) is 2.86. The van der Waals surface area contributed by atoms with Gasteiger partial charge in [0.1, 0.15) is 5.69 Å². The van der Waals surface area contributed by atoms with Crippen LogP contribution in [0.2, 0.25) is 0 Å². The van der Waals surface area contributed by atoms with Crippen LogP contribution in [0.5, 0.6) is 0 Å². The molecule has 0 saturated carbocycles. The Morgan fingerprint density at radius 2 is 2.00 bits per heavy atom. The molecule has 4 heteroatoms. The van der Waals surface area contributed by atoms with Crippen molar-refractivity contribution in [2.24, 2.45) is 0 Å². The fourth-order valence-corrected chi connectivity index (χ4v) is 2.10. The van der Waals surface area contributed by atoms with Crippen LogP contribution in [-0.2, 0) is 17.8 Å². The predicted octanol–water partition coefficient (Wildman–Crippen LogP) is 2.03. The van der Waals surface area contributed by atoms with Crippen LogP contribution in [0.25, 0.3) is 11.4 Å². The van der Waals surface area contributed by atoms with Crippen LogP contribution in [0, 0.1) is 0 Å². The molecule has 0 unspecified atom stereocenters. The Hall–Kier alpha value is -2.07. The molecule has 2 aromatic rings. The summed E-state index contributed by atoms with van der Waals surface area (Å²) in [5.41, 5.74) is 3.16. The highest BCUT2D eigenvalue weighted by atomic mass is 16.5. The number of benzene rings is 1. The van der Waals surface area contributed by atoms with Gasteiger partial charge in [-0.05, 0) is 6.42 Å². The molecule has 0 N–H and O–H groups in total. The Morgan fingerprint density at radius 3 is 2.78 bits per heavy atom. The summed E-state index contributed by atoms with van der Waals surface area (Å²) >= 11 is 0. The maximum absolute atomic E-state index is 11.1. The van der Waals surface area contributed by atoms with Crippen LogP contribution in [0.4, 0.5) is 0 Å². The molecule has 3 rings (SSSR count). The zero-order valence-electron chi connectivity index (χ0n) is 9.80. The first-order valence-corrected chi connectivity index (χ1v) is 5.86. The van der Waals surface area contributed by atoms with E-state index in [4.69, 9.17) is 4.74 Å². The number of nitrogens with zero attached hydrogens (tertiary/aromatic N) is 2. The van der Waals surface area contributed by atoms with Crippen LogP contribution >= 0.6 is 0 Å². The molecule has 0 fully saturated rings. The first-order chi connectivity index (χ1) is 8.88. The van der Waals surface area contributed by atoms with Crippen molar-refractivity contribution >= 4 is 6.29 Å². The van der Waals surface area contributed by atoms with Gasteiger partial charge >= 0.3 is 0 Å². The molecule has 4 nitrogen and oxygen atoms in total. The van der Waals surface area contributed by atoms with Gasteiger partial charge in [-0.2, -0.15) is 0 Å². The van der Waals surface area contributed by atoms with E-state index >= 15 is 0 Å². The van der Waals surface area contributed by atoms with Gasteiger partial charge in [0.15, 0.2) is 12.1 Å². The van der Waals surface area contributed by atoms with E-state index in [1.165, 1.54) is 0 Å². The Labute approximate surface area is 105 Å². The number of carbonyl (C=O) groups excluding carboxylic acids is 1. The normalized spacial score (nSPS) is 14.0. The molecule has 90 valence electrons. The second-order valence-corrected chi connectivity index (χ2v) is 4.14. The summed E-state index contributed by atoms with van der Waals surface area (Å²) in [4.78, 5) is 20.0. The first kappa shape index (κ1) is 11.0. The molecule has 0 atom stereocenters. The average Bonchev–Trinajstić information content (AvgIpc) is 2.47. The third kappa shape index (κ3) is 1.91. The van der Waals surface area contributed by atoms with Crippen molar-refractivity contribution in [2.75, 3.05) is 6.61 Å². The summed E-state index contributed by atoms with van der Waals surface area (Å²) in [6.45, 7) is 1.08. The zero-order chi connectivity index (χ0) is 12.4. The molecular formula is C14H12N2O2. The van der Waals surface area contributed by atoms with Crippen LogP contribution in [0.3, 0.4) is 0 Å². The van der Waals surface area contributed by atoms with Gasteiger partial charge in [-0.3, -0.25) is 4.79 Å². The number of ether oxygens (including phenoxy) is 1. The molecule has 0 bridgehead atoms. The molecule has 1 aliphatic rings. The van der Waals surface area contributed by atoms with Crippen molar-refractivity contribution in [3.05, 3.63) is 47.3 Å². The van der Waals surface area contributed by atoms with Crippen molar-refractivity contribution < 1.29 is 9.53 Å². The standard InChI is InChI=1S/C14H12N2O2/c17-8-12-11-6-7-18-9-13(11)16-14(15-12)10-4-2-1-3-5-10/h1-5,8H,6-7,9H2.